The molecule has 25 heavy (non-hydrogen) atoms. The van der Waals surface area contributed by atoms with Crippen LogP contribution in [0.25, 0.3) is 21.8 Å². The third-order valence-corrected chi connectivity index (χ3v) is 5.76. The lowest BCUT2D eigenvalue weighted by molar-refractivity contribution is 0.680. The van der Waals surface area contributed by atoms with E-state index in [-0.39, 0.29) is 0 Å². The summed E-state index contributed by atoms with van der Waals surface area (Å²) in [6, 6.07) is 17.2. The zero-order valence-electron chi connectivity index (χ0n) is 14.6. The van der Waals surface area contributed by atoms with Gasteiger partial charge >= 0.3 is 0 Å². The molecule has 2 aliphatic rings. The maximum atomic E-state index is 3.52. The molecule has 2 nitrogen and oxygen atoms in total. The number of nitrogens with one attached hydrogen (secondary N) is 2. The van der Waals surface area contributed by atoms with E-state index >= 15 is 0 Å². The molecule has 2 heteroatoms. The van der Waals surface area contributed by atoms with Gasteiger partial charge in [0.1, 0.15) is 0 Å². The fourth-order valence-electron chi connectivity index (χ4n) is 4.56. The van der Waals surface area contributed by atoms with E-state index in [0.717, 1.165) is 0 Å². The van der Waals surface area contributed by atoms with Gasteiger partial charge in [0.25, 0.3) is 0 Å². The van der Waals surface area contributed by atoms with Crippen molar-refractivity contribution >= 4 is 21.8 Å². The molecule has 0 spiro atoms. The first-order valence-electron chi connectivity index (χ1n) is 9.57. The van der Waals surface area contributed by atoms with Crippen LogP contribution in [0.2, 0.25) is 0 Å². The molecular formula is C23H24N2. The van der Waals surface area contributed by atoms with Gasteiger partial charge in [-0.25, -0.2) is 0 Å². The molecule has 2 aromatic heterocycles. The smallest absolute Gasteiger partial charge is 0.0458 e. The van der Waals surface area contributed by atoms with E-state index in [1.165, 1.54) is 78.1 Å². The van der Waals surface area contributed by atoms with Gasteiger partial charge in [0.2, 0.25) is 0 Å². The van der Waals surface area contributed by atoms with Crippen LogP contribution in [-0.4, -0.2) is 9.97 Å². The van der Waals surface area contributed by atoms with E-state index in [4.69, 9.17) is 0 Å². The molecular weight excluding hydrogens is 304 g/mol. The van der Waals surface area contributed by atoms with Crippen molar-refractivity contribution in [3.63, 3.8) is 0 Å². The molecule has 0 atom stereocenters. The highest BCUT2D eigenvalue weighted by molar-refractivity contribution is 5.85. The summed E-state index contributed by atoms with van der Waals surface area (Å²) < 4.78 is 0. The van der Waals surface area contributed by atoms with Gasteiger partial charge in [0.15, 0.2) is 0 Å². The molecule has 0 saturated carbocycles. The lowest BCUT2D eigenvalue weighted by atomic mass is 9.96. The van der Waals surface area contributed by atoms with Gasteiger partial charge in [-0.15, -0.1) is 0 Å². The van der Waals surface area contributed by atoms with Gasteiger partial charge in [0.05, 0.1) is 0 Å². The summed E-state index contributed by atoms with van der Waals surface area (Å²) >= 11 is 0. The molecule has 2 aliphatic carbocycles. The fraction of sp³-hybridized carbons (Fsp3) is 0.304. The van der Waals surface area contributed by atoms with Crippen molar-refractivity contribution in [1.29, 1.82) is 0 Å². The monoisotopic (exact) mass is 328 g/mol. The van der Waals surface area contributed by atoms with Gasteiger partial charge in [-0.2, -0.15) is 0 Å². The minimum absolute atomic E-state index is 1.24. The Morgan fingerprint density at radius 3 is 1.64 bits per heavy atom. The molecule has 0 saturated heterocycles. The van der Waals surface area contributed by atoms with Crippen molar-refractivity contribution in [1.82, 2.24) is 9.97 Å². The Kier molecular flexibility index (Phi) is 3.62. The first kappa shape index (κ1) is 14.8. The number of hydrogen-bond acceptors (Lipinski definition) is 0. The van der Waals surface area contributed by atoms with E-state index in [2.05, 4.69) is 58.5 Å². The first-order valence-corrected chi connectivity index (χ1v) is 9.57. The number of benzene rings is 2. The van der Waals surface area contributed by atoms with Crippen LogP contribution >= 0.6 is 0 Å². The Bertz CT molecular complexity index is 1030. The van der Waals surface area contributed by atoms with Crippen molar-refractivity contribution in [3.05, 3.63) is 71.0 Å². The third-order valence-electron chi connectivity index (χ3n) is 5.76. The van der Waals surface area contributed by atoms with E-state index in [9.17, 15) is 0 Å². The minimum Gasteiger partial charge on any atom is -0.358 e. The van der Waals surface area contributed by atoms with Gasteiger partial charge < -0.3 is 9.97 Å². The summed E-state index contributed by atoms with van der Waals surface area (Å²) in [6.07, 6.45) is 9.04. The normalized spacial score (nSPS) is 15.7. The molecule has 126 valence electrons. The Morgan fingerprint density at radius 2 is 1.00 bits per heavy atom. The fourth-order valence-corrected chi connectivity index (χ4v) is 4.56. The van der Waals surface area contributed by atoms with Crippen molar-refractivity contribution < 1.29 is 0 Å². The molecule has 2 N–H and O–H groups in total. The highest BCUT2D eigenvalue weighted by Crippen LogP contribution is 2.29. The molecule has 0 fully saturated rings. The Labute approximate surface area is 148 Å². The zero-order valence-corrected chi connectivity index (χ0v) is 14.6. The number of aryl methyl sites for hydroxylation is 4. The molecule has 0 unspecified atom stereocenters. The molecule has 0 aliphatic heterocycles. The van der Waals surface area contributed by atoms with Gasteiger partial charge in [-0.3, -0.25) is 0 Å². The molecule has 2 heterocycles. The summed E-state index contributed by atoms with van der Waals surface area (Å²) in [5.41, 5.74) is 8.70. The van der Waals surface area contributed by atoms with Crippen molar-refractivity contribution in [2.24, 2.45) is 0 Å². The Balaban J connectivity index is 0.000000112. The number of aromatic nitrogens is 2. The quantitative estimate of drug-likeness (QED) is 0.415. The summed E-state index contributed by atoms with van der Waals surface area (Å²) in [5.74, 6) is 0. The van der Waals surface area contributed by atoms with Crippen LogP contribution in [0, 0.1) is 0 Å². The van der Waals surface area contributed by atoms with Crippen molar-refractivity contribution in [2.45, 2.75) is 44.9 Å². The third kappa shape index (κ3) is 2.57. The van der Waals surface area contributed by atoms with E-state index in [0.29, 0.717) is 0 Å². The topological polar surface area (TPSA) is 31.6 Å². The van der Waals surface area contributed by atoms with Crippen molar-refractivity contribution in [3.8, 4) is 0 Å². The maximum Gasteiger partial charge on any atom is 0.0458 e. The van der Waals surface area contributed by atoms with Crippen LogP contribution in [0.3, 0.4) is 0 Å². The predicted octanol–water partition coefficient (Wildman–Crippen LogP) is 5.70. The number of fused-ring (bicyclic) bond motifs is 6. The highest BCUT2D eigenvalue weighted by atomic mass is 14.7. The second-order valence-electron chi connectivity index (χ2n) is 7.32. The summed E-state index contributed by atoms with van der Waals surface area (Å²) in [4.78, 5) is 6.99. The number of H-pyrrole nitrogens is 2. The van der Waals surface area contributed by atoms with Gasteiger partial charge in [-0.1, -0.05) is 36.4 Å². The second kappa shape index (κ2) is 6.11. The predicted molar refractivity (Wildman–Crippen MR) is 105 cm³/mol. The molecule has 0 radical (unpaired) electrons. The van der Waals surface area contributed by atoms with Crippen LogP contribution < -0.4 is 0 Å². The first-order chi connectivity index (χ1) is 12.4. The lowest BCUT2D eigenvalue weighted by Gasteiger charge is -2.10. The van der Waals surface area contributed by atoms with E-state index < -0.39 is 0 Å². The minimum atomic E-state index is 1.24. The van der Waals surface area contributed by atoms with Crippen LogP contribution in [0.15, 0.2) is 48.5 Å². The Hall–Kier alpha value is -2.48. The van der Waals surface area contributed by atoms with Crippen LogP contribution in [0.1, 0.15) is 41.8 Å². The number of para-hydroxylation sites is 2. The number of rotatable bonds is 0. The number of hydrogen-bond donors (Lipinski definition) is 2. The molecule has 0 bridgehead atoms. The maximum absolute atomic E-state index is 3.52. The SMILES string of the molecule is c1ccc2c3c([nH]c2c1)CCC3.c1ccc2c3c([nH]c2c1)CCCC3. The average molecular weight is 328 g/mol. The van der Waals surface area contributed by atoms with Gasteiger partial charge in [-0.05, 0) is 68.2 Å². The average Bonchev–Trinajstić information content (AvgIpc) is 3.34. The van der Waals surface area contributed by atoms with Crippen LogP contribution in [0.4, 0.5) is 0 Å². The van der Waals surface area contributed by atoms with E-state index in [1.807, 2.05) is 0 Å². The molecule has 2 aromatic carbocycles. The lowest BCUT2D eigenvalue weighted by Crippen LogP contribution is -1.99. The summed E-state index contributed by atoms with van der Waals surface area (Å²) in [5, 5.41) is 2.88. The molecule has 0 amide bonds. The highest BCUT2D eigenvalue weighted by Gasteiger charge is 2.15. The molecule has 4 aromatic rings. The molecule has 6 rings (SSSR count). The zero-order chi connectivity index (χ0) is 16.6. The van der Waals surface area contributed by atoms with Crippen molar-refractivity contribution in [2.75, 3.05) is 0 Å². The second-order valence-corrected chi connectivity index (χ2v) is 7.32. The largest absolute Gasteiger partial charge is 0.358 e. The summed E-state index contributed by atoms with van der Waals surface area (Å²) in [7, 11) is 0. The summed E-state index contributed by atoms with van der Waals surface area (Å²) in [6.45, 7) is 0. The van der Waals surface area contributed by atoms with E-state index in [1.54, 1.807) is 11.1 Å². The Morgan fingerprint density at radius 1 is 0.520 bits per heavy atom. The van der Waals surface area contributed by atoms with Crippen LogP contribution in [0.5, 0.6) is 0 Å². The standard InChI is InChI=1S/C12H13N.C11H11N/c1-3-7-11-9(5-1)10-6-2-4-8-12(10)13-11;1-2-6-10-8(4-1)9-5-3-7-11(9)12-10/h1,3,5,7,13H,2,4,6,8H2;1-2,4,6,12H,3,5,7H2. The van der Waals surface area contributed by atoms with Gasteiger partial charge in [0, 0.05) is 33.2 Å². The number of aromatic amines is 2. The van der Waals surface area contributed by atoms with Crippen LogP contribution in [-0.2, 0) is 25.7 Å².